The maximum absolute atomic E-state index is 14.3. The molecule has 27 heavy (non-hydrogen) atoms. The number of halogens is 4. The normalized spacial score (nSPS) is 10.1. The van der Waals surface area contributed by atoms with Crippen LogP contribution in [0.15, 0.2) is 29.8 Å². The largest absolute Gasteiger partial charge is 0.399 e. The number of anilines is 1. The number of allylic oxidation sites excluding steroid dienone is 2. The lowest BCUT2D eigenvalue weighted by atomic mass is 9.98. The van der Waals surface area contributed by atoms with Crippen molar-refractivity contribution < 1.29 is 17.6 Å². The standard InChI is InChI=1S/C19H8F4N4/c20-16-13(6-3-10-1-4-12(27)5-2-10)17(21)19(23)15(18(16)22)14(9-26)11(7-24)8-25/h1-6H,27H2. The fraction of sp³-hybridized carbons (Fsp3) is 0. The van der Waals surface area contributed by atoms with Crippen LogP contribution in [-0.2, 0) is 0 Å². The minimum Gasteiger partial charge on any atom is -0.399 e. The van der Waals surface area contributed by atoms with Crippen LogP contribution in [0.3, 0.4) is 0 Å². The number of nitrogens with two attached hydrogens (primary N) is 1. The van der Waals surface area contributed by atoms with Gasteiger partial charge in [-0.05, 0) is 23.8 Å². The first kappa shape index (κ1) is 19.2. The Morgan fingerprint density at radius 1 is 0.778 bits per heavy atom. The van der Waals surface area contributed by atoms with Gasteiger partial charge in [-0.15, -0.1) is 0 Å². The molecule has 0 saturated heterocycles. The number of nitrogen functional groups attached to an aromatic ring is 1. The van der Waals surface area contributed by atoms with E-state index in [1.165, 1.54) is 48.5 Å². The van der Waals surface area contributed by atoms with Gasteiger partial charge in [0.25, 0.3) is 0 Å². The molecule has 2 rings (SSSR count). The number of nitrogens with zero attached hydrogens (tertiary/aromatic N) is 3. The molecular formula is C19H8F4N4. The summed E-state index contributed by atoms with van der Waals surface area (Å²) in [5.41, 5.74) is 1.93. The van der Waals surface area contributed by atoms with Gasteiger partial charge in [0.05, 0.1) is 16.7 Å². The molecule has 0 aliphatic carbocycles. The molecular weight excluding hydrogens is 360 g/mol. The lowest BCUT2D eigenvalue weighted by molar-refractivity contribution is 0.448. The molecule has 0 aliphatic heterocycles. The highest BCUT2D eigenvalue weighted by molar-refractivity contribution is 5.85. The summed E-state index contributed by atoms with van der Waals surface area (Å²) in [4.78, 5) is 0. The molecule has 0 saturated carbocycles. The third kappa shape index (κ3) is 3.63. The van der Waals surface area contributed by atoms with Crippen LogP contribution >= 0.6 is 0 Å². The van der Waals surface area contributed by atoms with E-state index in [0.29, 0.717) is 11.3 Å². The lowest BCUT2D eigenvalue weighted by Crippen LogP contribution is -2.06. The van der Waals surface area contributed by atoms with Crippen LogP contribution in [0.1, 0.15) is 16.7 Å². The maximum atomic E-state index is 14.3. The van der Waals surface area contributed by atoms with Crippen molar-refractivity contribution in [2.75, 3.05) is 5.73 Å². The van der Waals surface area contributed by atoms with Crippen LogP contribution in [0.25, 0.3) is 17.7 Å². The molecule has 0 heterocycles. The van der Waals surface area contributed by atoms with Gasteiger partial charge in [-0.25, -0.2) is 17.6 Å². The molecule has 0 spiro atoms. The lowest BCUT2D eigenvalue weighted by Gasteiger charge is -2.09. The van der Waals surface area contributed by atoms with Crippen molar-refractivity contribution in [2.45, 2.75) is 0 Å². The zero-order valence-electron chi connectivity index (χ0n) is 13.4. The first-order chi connectivity index (χ1) is 12.8. The highest BCUT2D eigenvalue weighted by Gasteiger charge is 2.28. The third-order valence-corrected chi connectivity index (χ3v) is 3.51. The molecule has 2 N–H and O–H groups in total. The molecule has 0 aliphatic rings. The van der Waals surface area contributed by atoms with Crippen LogP contribution in [0.2, 0.25) is 0 Å². The molecule has 0 bridgehead atoms. The Bertz CT molecular complexity index is 1050. The van der Waals surface area contributed by atoms with Gasteiger partial charge < -0.3 is 5.73 Å². The van der Waals surface area contributed by atoms with Gasteiger partial charge in [-0.3, -0.25) is 0 Å². The van der Waals surface area contributed by atoms with Crippen molar-refractivity contribution in [1.29, 1.82) is 15.8 Å². The van der Waals surface area contributed by atoms with Crippen LogP contribution in [-0.4, -0.2) is 0 Å². The molecule has 0 unspecified atom stereocenters. The minimum absolute atomic E-state index is 0.451. The highest BCUT2D eigenvalue weighted by atomic mass is 19.2. The fourth-order valence-electron chi connectivity index (χ4n) is 2.17. The van der Waals surface area contributed by atoms with E-state index in [4.69, 9.17) is 21.5 Å². The molecule has 4 nitrogen and oxygen atoms in total. The zero-order valence-corrected chi connectivity index (χ0v) is 13.4. The molecule has 8 heteroatoms. The summed E-state index contributed by atoms with van der Waals surface area (Å²) < 4.78 is 57.2. The zero-order chi connectivity index (χ0) is 20.1. The van der Waals surface area contributed by atoms with Crippen molar-refractivity contribution in [3.63, 3.8) is 0 Å². The van der Waals surface area contributed by atoms with Crippen LogP contribution in [0, 0.1) is 57.3 Å². The topological polar surface area (TPSA) is 97.4 Å². The minimum atomic E-state index is -1.88. The Labute approximate surface area is 151 Å². The summed E-state index contributed by atoms with van der Waals surface area (Å²) in [5.74, 6) is -7.30. The van der Waals surface area contributed by atoms with E-state index < -0.39 is 45.5 Å². The van der Waals surface area contributed by atoms with E-state index in [2.05, 4.69) is 0 Å². The summed E-state index contributed by atoms with van der Waals surface area (Å²) in [6.45, 7) is 0. The Hall–Kier alpha value is -4.09. The van der Waals surface area contributed by atoms with Gasteiger partial charge in [0.2, 0.25) is 0 Å². The molecule has 2 aromatic rings. The summed E-state index contributed by atoms with van der Waals surface area (Å²) in [5, 5.41) is 26.5. The van der Waals surface area contributed by atoms with Gasteiger partial charge in [0.1, 0.15) is 23.8 Å². The Kier molecular flexibility index (Phi) is 5.60. The molecule has 132 valence electrons. The fourth-order valence-corrected chi connectivity index (χ4v) is 2.17. The van der Waals surface area contributed by atoms with Gasteiger partial charge in [-0.1, -0.05) is 18.2 Å². The summed E-state index contributed by atoms with van der Waals surface area (Å²) in [7, 11) is 0. The first-order valence-electron chi connectivity index (χ1n) is 7.20. The van der Waals surface area contributed by atoms with Crippen molar-refractivity contribution in [1.82, 2.24) is 0 Å². The monoisotopic (exact) mass is 368 g/mol. The molecule has 0 amide bonds. The quantitative estimate of drug-likeness (QED) is 0.287. The Morgan fingerprint density at radius 3 is 1.74 bits per heavy atom. The Morgan fingerprint density at radius 2 is 1.30 bits per heavy atom. The SMILES string of the molecule is N#CC(C#N)=C(C#N)c1c(F)c(F)c(C=Cc2ccc(N)cc2)c(F)c1F. The average molecular weight is 368 g/mol. The maximum Gasteiger partial charge on any atom is 0.171 e. The van der Waals surface area contributed by atoms with Crippen LogP contribution < -0.4 is 5.73 Å². The molecule has 2 aromatic carbocycles. The number of rotatable bonds is 3. The average Bonchev–Trinajstić information content (AvgIpc) is 2.67. The van der Waals surface area contributed by atoms with Crippen molar-refractivity contribution in [3.05, 3.63) is 69.8 Å². The second-order valence-corrected chi connectivity index (χ2v) is 5.13. The van der Waals surface area contributed by atoms with E-state index in [1.54, 1.807) is 0 Å². The molecule has 0 aromatic heterocycles. The van der Waals surface area contributed by atoms with E-state index in [1.807, 2.05) is 0 Å². The number of hydrogen-bond acceptors (Lipinski definition) is 4. The molecule has 0 atom stereocenters. The van der Waals surface area contributed by atoms with Gasteiger partial charge >= 0.3 is 0 Å². The van der Waals surface area contributed by atoms with Gasteiger partial charge in [-0.2, -0.15) is 15.8 Å². The highest BCUT2D eigenvalue weighted by Crippen LogP contribution is 2.31. The van der Waals surface area contributed by atoms with Crippen molar-refractivity contribution in [2.24, 2.45) is 0 Å². The third-order valence-electron chi connectivity index (χ3n) is 3.51. The van der Waals surface area contributed by atoms with Crippen LogP contribution in [0.5, 0.6) is 0 Å². The summed E-state index contributed by atoms with van der Waals surface area (Å²) in [6, 6.07) is 9.82. The van der Waals surface area contributed by atoms with Crippen molar-refractivity contribution in [3.8, 4) is 18.2 Å². The van der Waals surface area contributed by atoms with E-state index in [-0.39, 0.29) is 0 Å². The molecule has 0 radical (unpaired) electrons. The van der Waals surface area contributed by atoms with E-state index in [0.717, 1.165) is 6.08 Å². The van der Waals surface area contributed by atoms with Crippen molar-refractivity contribution >= 4 is 23.4 Å². The predicted octanol–water partition coefficient (Wildman–Crippen LogP) is 4.32. The second-order valence-electron chi connectivity index (χ2n) is 5.13. The number of hydrogen-bond donors (Lipinski definition) is 1. The van der Waals surface area contributed by atoms with Gasteiger partial charge in [0.15, 0.2) is 23.3 Å². The number of nitriles is 3. The van der Waals surface area contributed by atoms with E-state index >= 15 is 0 Å². The Balaban J connectivity index is 2.68. The summed E-state index contributed by atoms with van der Waals surface area (Å²) in [6.07, 6.45) is 2.02. The molecule has 0 fully saturated rings. The second kappa shape index (κ2) is 7.86. The van der Waals surface area contributed by atoms with E-state index in [9.17, 15) is 17.6 Å². The van der Waals surface area contributed by atoms with Gasteiger partial charge in [0, 0.05) is 5.69 Å². The summed E-state index contributed by atoms with van der Waals surface area (Å²) >= 11 is 0. The van der Waals surface area contributed by atoms with Crippen LogP contribution in [0.4, 0.5) is 23.2 Å². The number of benzene rings is 2. The smallest absolute Gasteiger partial charge is 0.171 e. The predicted molar refractivity (Wildman–Crippen MR) is 89.8 cm³/mol. The first-order valence-corrected chi connectivity index (χ1v) is 7.20.